The van der Waals surface area contributed by atoms with Gasteiger partial charge >= 0.3 is 0 Å². The number of carbonyl (C=O) groups is 1. The Morgan fingerprint density at radius 1 is 1.53 bits per heavy atom. The number of amides is 1. The summed E-state index contributed by atoms with van der Waals surface area (Å²) in [5, 5.41) is 5.59. The minimum absolute atomic E-state index is 0.121. The van der Waals surface area contributed by atoms with Crippen molar-refractivity contribution in [2.75, 3.05) is 25.5 Å². The fourth-order valence-electron chi connectivity index (χ4n) is 1.41. The Balaban J connectivity index is 2.54. The third kappa shape index (κ3) is 4.17. The highest BCUT2D eigenvalue weighted by molar-refractivity contribution is 5.92. The van der Waals surface area contributed by atoms with E-state index >= 15 is 0 Å². The molecular weight excluding hydrogens is 216 g/mol. The van der Waals surface area contributed by atoms with Gasteiger partial charge in [-0.3, -0.25) is 10.1 Å². The highest BCUT2D eigenvalue weighted by Gasteiger charge is 2.03. The average Bonchev–Trinajstić information content (AvgIpc) is 2.29. The van der Waals surface area contributed by atoms with E-state index in [4.69, 9.17) is 11.2 Å². The Bertz CT molecular complexity index is 436. The molecule has 1 amide bonds. The van der Waals surface area contributed by atoms with Gasteiger partial charge in [0.15, 0.2) is 0 Å². The van der Waals surface area contributed by atoms with Crippen molar-refractivity contribution >= 4 is 11.6 Å². The van der Waals surface area contributed by atoms with Gasteiger partial charge in [-0.1, -0.05) is 5.92 Å². The molecule has 0 saturated carbocycles. The van der Waals surface area contributed by atoms with Crippen molar-refractivity contribution in [1.82, 2.24) is 5.32 Å². The maximum absolute atomic E-state index is 11.5. The summed E-state index contributed by atoms with van der Waals surface area (Å²) >= 11 is 0. The van der Waals surface area contributed by atoms with Crippen molar-refractivity contribution in [1.29, 1.82) is 0 Å². The molecule has 1 rings (SSSR count). The van der Waals surface area contributed by atoms with E-state index in [9.17, 15) is 4.79 Å². The number of ether oxygens (including phenoxy) is 1. The molecule has 17 heavy (non-hydrogen) atoms. The number of hydrogen-bond donors (Lipinski definition) is 2. The molecule has 0 bridgehead atoms. The molecule has 2 N–H and O–H groups in total. The van der Waals surface area contributed by atoms with E-state index in [1.165, 1.54) is 0 Å². The lowest BCUT2D eigenvalue weighted by molar-refractivity contribution is -0.115. The maximum atomic E-state index is 11.5. The fourth-order valence-corrected chi connectivity index (χ4v) is 1.41. The molecule has 0 atom stereocenters. The van der Waals surface area contributed by atoms with Crippen LogP contribution in [0.2, 0.25) is 0 Å². The van der Waals surface area contributed by atoms with Crippen LogP contribution in [0, 0.1) is 19.3 Å². The first-order valence-corrected chi connectivity index (χ1v) is 5.26. The third-order valence-corrected chi connectivity index (χ3v) is 2.19. The molecule has 1 aromatic rings. The fraction of sp³-hybridized carbons (Fsp3) is 0.308. The number of rotatable bonds is 5. The standard InChI is InChI=1S/C13H16N2O2/c1-4-7-14-9-13(16)15-11-5-6-12(17-3)10(2)8-11/h1,5-6,8,14H,7,9H2,2-3H3,(H,15,16). The Kier molecular flexibility index (Phi) is 5.05. The summed E-state index contributed by atoms with van der Waals surface area (Å²) in [6.07, 6.45) is 5.06. The number of terminal acetylenes is 1. The Morgan fingerprint density at radius 3 is 2.88 bits per heavy atom. The van der Waals surface area contributed by atoms with Gasteiger partial charge in [-0.2, -0.15) is 0 Å². The zero-order chi connectivity index (χ0) is 12.7. The van der Waals surface area contributed by atoms with Crippen molar-refractivity contribution in [3.63, 3.8) is 0 Å². The van der Waals surface area contributed by atoms with E-state index in [2.05, 4.69) is 16.6 Å². The topological polar surface area (TPSA) is 50.4 Å². The van der Waals surface area contributed by atoms with Crippen LogP contribution in [-0.2, 0) is 4.79 Å². The molecule has 0 spiro atoms. The summed E-state index contributed by atoms with van der Waals surface area (Å²) in [5.74, 6) is 3.08. The van der Waals surface area contributed by atoms with Gasteiger partial charge in [0.1, 0.15) is 5.75 Å². The summed E-state index contributed by atoms with van der Waals surface area (Å²) in [4.78, 5) is 11.5. The van der Waals surface area contributed by atoms with Crippen molar-refractivity contribution in [2.24, 2.45) is 0 Å². The molecule has 0 aliphatic carbocycles. The molecule has 1 aromatic carbocycles. The van der Waals surface area contributed by atoms with Crippen LogP contribution >= 0.6 is 0 Å². The quantitative estimate of drug-likeness (QED) is 0.592. The lowest BCUT2D eigenvalue weighted by Gasteiger charge is -2.09. The molecule has 0 saturated heterocycles. The predicted molar refractivity (Wildman–Crippen MR) is 68.1 cm³/mol. The first kappa shape index (κ1) is 13.1. The minimum Gasteiger partial charge on any atom is -0.496 e. The number of hydrogen-bond acceptors (Lipinski definition) is 3. The largest absolute Gasteiger partial charge is 0.496 e. The smallest absolute Gasteiger partial charge is 0.238 e. The SMILES string of the molecule is C#CCNCC(=O)Nc1ccc(OC)c(C)c1. The minimum atomic E-state index is -0.121. The van der Waals surface area contributed by atoms with Gasteiger partial charge in [-0.25, -0.2) is 0 Å². The van der Waals surface area contributed by atoms with E-state index in [-0.39, 0.29) is 12.5 Å². The van der Waals surface area contributed by atoms with Gasteiger partial charge < -0.3 is 10.1 Å². The second-order valence-corrected chi connectivity index (χ2v) is 3.54. The van der Waals surface area contributed by atoms with Crippen molar-refractivity contribution in [2.45, 2.75) is 6.92 Å². The van der Waals surface area contributed by atoms with E-state index < -0.39 is 0 Å². The average molecular weight is 232 g/mol. The van der Waals surface area contributed by atoms with Gasteiger partial charge in [0.05, 0.1) is 20.2 Å². The first-order valence-electron chi connectivity index (χ1n) is 5.26. The number of carbonyl (C=O) groups excluding carboxylic acids is 1. The molecule has 0 aliphatic heterocycles. The lowest BCUT2D eigenvalue weighted by atomic mass is 10.2. The zero-order valence-electron chi connectivity index (χ0n) is 10.0. The molecule has 0 unspecified atom stereocenters. The Morgan fingerprint density at radius 2 is 2.29 bits per heavy atom. The normalized spacial score (nSPS) is 9.47. The zero-order valence-corrected chi connectivity index (χ0v) is 10.0. The second-order valence-electron chi connectivity index (χ2n) is 3.54. The van der Waals surface area contributed by atoms with Crippen LogP contribution in [-0.4, -0.2) is 26.1 Å². The summed E-state index contributed by atoms with van der Waals surface area (Å²) in [6.45, 7) is 2.51. The monoisotopic (exact) mass is 232 g/mol. The van der Waals surface area contributed by atoms with Crippen LogP contribution in [0.25, 0.3) is 0 Å². The van der Waals surface area contributed by atoms with Crippen LogP contribution in [0.1, 0.15) is 5.56 Å². The summed E-state index contributed by atoms with van der Waals surface area (Å²) in [7, 11) is 1.62. The Labute approximate surface area is 101 Å². The maximum Gasteiger partial charge on any atom is 0.238 e. The molecule has 0 radical (unpaired) electrons. The Hall–Kier alpha value is -1.99. The van der Waals surface area contributed by atoms with Gasteiger partial charge in [-0.05, 0) is 30.7 Å². The molecule has 4 nitrogen and oxygen atoms in total. The number of aryl methyl sites for hydroxylation is 1. The van der Waals surface area contributed by atoms with Crippen LogP contribution in [0.5, 0.6) is 5.75 Å². The molecule has 0 fully saturated rings. The van der Waals surface area contributed by atoms with E-state index in [1.54, 1.807) is 13.2 Å². The second kappa shape index (κ2) is 6.56. The molecule has 0 aromatic heterocycles. The van der Waals surface area contributed by atoms with Gasteiger partial charge in [0.2, 0.25) is 5.91 Å². The van der Waals surface area contributed by atoms with E-state index in [1.807, 2.05) is 19.1 Å². The van der Waals surface area contributed by atoms with Crippen LogP contribution in [0.4, 0.5) is 5.69 Å². The number of benzene rings is 1. The third-order valence-electron chi connectivity index (χ3n) is 2.19. The molecule has 0 aliphatic rings. The van der Waals surface area contributed by atoms with Gasteiger partial charge in [0.25, 0.3) is 0 Å². The molecule has 90 valence electrons. The number of nitrogens with one attached hydrogen (secondary N) is 2. The van der Waals surface area contributed by atoms with Crippen LogP contribution < -0.4 is 15.4 Å². The summed E-state index contributed by atoms with van der Waals surface area (Å²) in [5.41, 5.74) is 1.72. The van der Waals surface area contributed by atoms with Crippen molar-refractivity contribution in [3.05, 3.63) is 23.8 Å². The highest BCUT2D eigenvalue weighted by atomic mass is 16.5. The van der Waals surface area contributed by atoms with Gasteiger partial charge in [-0.15, -0.1) is 6.42 Å². The molecule has 4 heteroatoms. The summed E-state index contributed by atoms with van der Waals surface area (Å²) in [6, 6.07) is 5.47. The first-order chi connectivity index (χ1) is 8.17. The number of methoxy groups -OCH3 is 1. The molecular formula is C13H16N2O2. The number of anilines is 1. The summed E-state index contributed by atoms with van der Waals surface area (Å²) < 4.78 is 5.14. The van der Waals surface area contributed by atoms with Crippen LogP contribution in [0.15, 0.2) is 18.2 Å². The molecule has 0 heterocycles. The van der Waals surface area contributed by atoms with Crippen molar-refractivity contribution in [3.8, 4) is 18.1 Å². The highest BCUT2D eigenvalue weighted by Crippen LogP contribution is 2.21. The van der Waals surface area contributed by atoms with Crippen molar-refractivity contribution < 1.29 is 9.53 Å². The van der Waals surface area contributed by atoms with Crippen LogP contribution in [0.3, 0.4) is 0 Å². The van der Waals surface area contributed by atoms with Gasteiger partial charge in [0, 0.05) is 5.69 Å². The predicted octanol–water partition coefficient (Wildman–Crippen LogP) is 1.16. The lowest BCUT2D eigenvalue weighted by Crippen LogP contribution is -2.28. The van der Waals surface area contributed by atoms with E-state index in [0.29, 0.717) is 6.54 Å². The van der Waals surface area contributed by atoms with E-state index in [0.717, 1.165) is 17.0 Å².